The number of hydrogen-bond acceptors (Lipinski definition) is 5. The summed E-state index contributed by atoms with van der Waals surface area (Å²) in [6.45, 7) is 0. The number of carboxylic acid groups (broad SMARTS) is 1. The first kappa shape index (κ1) is 12.4. The van der Waals surface area contributed by atoms with Gasteiger partial charge in [-0.15, -0.1) is 0 Å². The molecule has 0 spiro atoms. The Kier molecular flexibility index (Phi) is 3.83. The van der Waals surface area contributed by atoms with Crippen LogP contribution in [-0.2, 0) is 20.4 Å². The zero-order valence-corrected chi connectivity index (χ0v) is 9.40. The number of ether oxygens (including phenoxy) is 1. The summed E-state index contributed by atoms with van der Waals surface area (Å²) in [5.74, 6) is -2.47. The Morgan fingerprint density at radius 3 is 2.81 bits per heavy atom. The van der Waals surface area contributed by atoms with Crippen LogP contribution < -0.4 is 4.74 Å². The number of sulfone groups is 1. The molecule has 1 heterocycles. The highest BCUT2D eigenvalue weighted by atomic mass is 32.2. The zero-order valence-electron chi connectivity index (χ0n) is 8.58. The average molecular weight is 245 g/mol. The molecule has 0 fully saturated rings. The van der Waals surface area contributed by atoms with E-state index in [1.54, 1.807) is 6.07 Å². The van der Waals surface area contributed by atoms with E-state index < -0.39 is 27.3 Å². The third kappa shape index (κ3) is 3.50. The number of rotatable bonds is 5. The maximum Gasteiger partial charge on any atom is 0.318 e. The summed E-state index contributed by atoms with van der Waals surface area (Å²) in [7, 11) is -2.32. The van der Waals surface area contributed by atoms with Crippen LogP contribution in [0.4, 0.5) is 0 Å². The Bertz CT molecular complexity index is 482. The number of pyridine rings is 1. The summed E-state index contributed by atoms with van der Waals surface area (Å²) in [6.07, 6.45) is 1.46. The van der Waals surface area contributed by atoms with Crippen LogP contribution in [0.5, 0.6) is 5.88 Å². The molecule has 0 saturated heterocycles. The van der Waals surface area contributed by atoms with Crippen molar-refractivity contribution >= 4 is 15.8 Å². The van der Waals surface area contributed by atoms with E-state index in [4.69, 9.17) is 9.84 Å². The van der Waals surface area contributed by atoms with Crippen molar-refractivity contribution in [1.82, 2.24) is 4.98 Å². The first-order valence-electron chi connectivity index (χ1n) is 4.35. The molecule has 0 saturated carbocycles. The second-order valence-electron chi connectivity index (χ2n) is 3.10. The molecule has 6 nitrogen and oxygen atoms in total. The highest BCUT2D eigenvalue weighted by Gasteiger charge is 2.19. The zero-order chi connectivity index (χ0) is 12.2. The van der Waals surface area contributed by atoms with Crippen LogP contribution >= 0.6 is 0 Å². The molecule has 0 aliphatic heterocycles. The van der Waals surface area contributed by atoms with Gasteiger partial charge in [-0.1, -0.05) is 6.07 Å². The standard InChI is InChI=1S/C9H11NO5S/c1-15-9-7(3-2-4-10-9)5-16(13,14)6-8(11)12/h2-4H,5-6H2,1H3,(H,11,12). The molecule has 0 amide bonds. The van der Waals surface area contributed by atoms with Crippen molar-refractivity contribution in [2.75, 3.05) is 12.9 Å². The van der Waals surface area contributed by atoms with Crippen molar-refractivity contribution < 1.29 is 23.1 Å². The highest BCUT2D eigenvalue weighted by molar-refractivity contribution is 7.91. The Morgan fingerprint density at radius 1 is 1.56 bits per heavy atom. The molecular weight excluding hydrogens is 234 g/mol. The molecule has 1 aromatic rings. The van der Waals surface area contributed by atoms with Crippen molar-refractivity contribution in [3.8, 4) is 5.88 Å². The van der Waals surface area contributed by atoms with Crippen molar-refractivity contribution in [3.05, 3.63) is 23.9 Å². The highest BCUT2D eigenvalue weighted by Crippen LogP contribution is 2.16. The van der Waals surface area contributed by atoms with E-state index in [1.807, 2.05) is 0 Å². The number of aromatic nitrogens is 1. The predicted molar refractivity (Wildman–Crippen MR) is 55.9 cm³/mol. The van der Waals surface area contributed by atoms with Crippen molar-refractivity contribution in [2.45, 2.75) is 5.75 Å². The molecule has 0 radical (unpaired) electrons. The molecule has 1 rings (SSSR count). The van der Waals surface area contributed by atoms with Crippen LogP contribution in [0.2, 0.25) is 0 Å². The lowest BCUT2D eigenvalue weighted by Crippen LogP contribution is -2.17. The number of hydrogen-bond donors (Lipinski definition) is 1. The van der Waals surface area contributed by atoms with Gasteiger partial charge in [0.2, 0.25) is 5.88 Å². The maximum absolute atomic E-state index is 11.4. The molecule has 1 N–H and O–H groups in total. The second-order valence-corrected chi connectivity index (χ2v) is 5.16. The molecule has 0 aromatic carbocycles. The molecule has 0 bridgehead atoms. The minimum Gasteiger partial charge on any atom is -0.481 e. The Morgan fingerprint density at radius 2 is 2.25 bits per heavy atom. The predicted octanol–water partition coefficient (Wildman–Crippen LogP) is 0.0896. The second kappa shape index (κ2) is 4.93. The molecular formula is C9H11NO5S. The number of nitrogens with zero attached hydrogens (tertiary/aromatic N) is 1. The fourth-order valence-electron chi connectivity index (χ4n) is 1.19. The third-order valence-corrected chi connectivity index (χ3v) is 3.20. The van der Waals surface area contributed by atoms with Crippen LogP contribution in [0.15, 0.2) is 18.3 Å². The monoisotopic (exact) mass is 245 g/mol. The van der Waals surface area contributed by atoms with E-state index >= 15 is 0 Å². The molecule has 0 unspecified atom stereocenters. The van der Waals surface area contributed by atoms with Gasteiger partial charge >= 0.3 is 5.97 Å². The van der Waals surface area contributed by atoms with Crippen LogP contribution in [-0.4, -0.2) is 37.3 Å². The van der Waals surface area contributed by atoms with Crippen molar-refractivity contribution in [2.24, 2.45) is 0 Å². The molecule has 7 heteroatoms. The maximum atomic E-state index is 11.4. The largest absolute Gasteiger partial charge is 0.481 e. The van der Waals surface area contributed by atoms with Crippen molar-refractivity contribution in [1.29, 1.82) is 0 Å². The van der Waals surface area contributed by atoms with E-state index in [2.05, 4.69) is 4.98 Å². The minimum atomic E-state index is -3.69. The smallest absolute Gasteiger partial charge is 0.318 e. The van der Waals surface area contributed by atoms with Gasteiger partial charge in [-0.3, -0.25) is 4.79 Å². The van der Waals surface area contributed by atoms with Gasteiger partial charge in [-0.2, -0.15) is 0 Å². The fourth-order valence-corrected chi connectivity index (χ4v) is 2.37. The van der Waals surface area contributed by atoms with Gasteiger partial charge in [0.1, 0.15) is 5.75 Å². The fraction of sp³-hybridized carbons (Fsp3) is 0.333. The first-order valence-corrected chi connectivity index (χ1v) is 6.17. The first-order chi connectivity index (χ1) is 7.44. The topological polar surface area (TPSA) is 93.6 Å². The Labute approximate surface area is 92.8 Å². The van der Waals surface area contributed by atoms with Gasteiger partial charge in [0.25, 0.3) is 0 Å². The molecule has 1 aromatic heterocycles. The van der Waals surface area contributed by atoms with E-state index in [-0.39, 0.29) is 5.88 Å². The number of carbonyl (C=O) groups is 1. The molecule has 88 valence electrons. The lowest BCUT2D eigenvalue weighted by Gasteiger charge is -2.06. The van der Waals surface area contributed by atoms with Crippen LogP contribution in [0.3, 0.4) is 0 Å². The lowest BCUT2D eigenvalue weighted by molar-refractivity contribution is -0.134. The minimum absolute atomic E-state index is 0.191. The quantitative estimate of drug-likeness (QED) is 0.790. The summed E-state index contributed by atoms with van der Waals surface area (Å²) in [6, 6.07) is 3.10. The average Bonchev–Trinajstić information content (AvgIpc) is 2.15. The molecule has 0 atom stereocenters. The van der Waals surface area contributed by atoms with E-state index in [0.717, 1.165) is 0 Å². The van der Waals surface area contributed by atoms with Gasteiger partial charge in [0.15, 0.2) is 9.84 Å². The van der Waals surface area contributed by atoms with Crippen molar-refractivity contribution in [3.63, 3.8) is 0 Å². The number of aliphatic carboxylic acids is 1. The summed E-state index contributed by atoms with van der Waals surface area (Å²) < 4.78 is 27.7. The number of methoxy groups -OCH3 is 1. The molecule has 0 aliphatic carbocycles. The third-order valence-electron chi connectivity index (χ3n) is 1.76. The van der Waals surface area contributed by atoms with E-state index in [0.29, 0.717) is 5.56 Å². The van der Waals surface area contributed by atoms with E-state index in [9.17, 15) is 13.2 Å². The van der Waals surface area contributed by atoms with E-state index in [1.165, 1.54) is 19.4 Å². The lowest BCUT2D eigenvalue weighted by atomic mass is 10.3. The van der Waals surface area contributed by atoms with Gasteiger partial charge in [0.05, 0.1) is 12.9 Å². The summed E-state index contributed by atoms with van der Waals surface area (Å²) in [5.41, 5.74) is 0.353. The Hall–Kier alpha value is -1.63. The SMILES string of the molecule is COc1ncccc1CS(=O)(=O)CC(=O)O. The van der Waals surface area contributed by atoms with Gasteiger partial charge in [-0.25, -0.2) is 13.4 Å². The summed E-state index contributed by atoms with van der Waals surface area (Å²) in [5, 5.41) is 8.43. The number of carboxylic acids is 1. The van der Waals surface area contributed by atoms with Crippen LogP contribution in [0.25, 0.3) is 0 Å². The molecule has 0 aliphatic rings. The van der Waals surface area contributed by atoms with Crippen LogP contribution in [0, 0.1) is 0 Å². The van der Waals surface area contributed by atoms with Gasteiger partial charge in [-0.05, 0) is 6.07 Å². The normalized spacial score (nSPS) is 11.1. The van der Waals surface area contributed by atoms with Crippen LogP contribution in [0.1, 0.15) is 5.56 Å². The summed E-state index contributed by atoms with van der Waals surface area (Å²) >= 11 is 0. The Balaban J connectivity index is 2.92. The summed E-state index contributed by atoms with van der Waals surface area (Å²) in [4.78, 5) is 14.2. The molecule has 16 heavy (non-hydrogen) atoms. The van der Waals surface area contributed by atoms with Gasteiger partial charge < -0.3 is 9.84 Å². The van der Waals surface area contributed by atoms with Gasteiger partial charge in [0, 0.05) is 11.8 Å².